The molecule has 2 aromatic rings. The Morgan fingerprint density at radius 2 is 1.75 bits per heavy atom. The van der Waals surface area contributed by atoms with Crippen LogP contribution in [0.2, 0.25) is 0 Å². The van der Waals surface area contributed by atoms with Crippen LogP contribution in [0.15, 0.2) is 23.2 Å². The van der Waals surface area contributed by atoms with Gasteiger partial charge in [0.2, 0.25) is 0 Å². The zero-order valence-corrected chi connectivity index (χ0v) is 18.2. The number of aryl methyl sites for hydroxylation is 4. The minimum atomic E-state index is 0. The summed E-state index contributed by atoms with van der Waals surface area (Å²) < 4.78 is 0. The van der Waals surface area contributed by atoms with Crippen molar-refractivity contribution in [1.82, 2.24) is 15.6 Å². The summed E-state index contributed by atoms with van der Waals surface area (Å²) in [5.41, 5.74) is 5.10. The van der Waals surface area contributed by atoms with Crippen molar-refractivity contribution in [2.45, 2.75) is 40.7 Å². The topological polar surface area (TPSA) is 49.3 Å². The number of nitrogens with zero attached hydrogens (tertiary/aromatic N) is 2. The zero-order chi connectivity index (χ0) is 16.8. The summed E-state index contributed by atoms with van der Waals surface area (Å²) in [4.78, 5) is 10.00. The van der Waals surface area contributed by atoms with Crippen molar-refractivity contribution in [3.8, 4) is 0 Å². The van der Waals surface area contributed by atoms with Crippen LogP contribution in [-0.4, -0.2) is 24.5 Å². The highest BCUT2D eigenvalue weighted by molar-refractivity contribution is 14.0. The number of hydrogen-bond donors (Lipinski definition) is 2. The van der Waals surface area contributed by atoms with Crippen molar-refractivity contribution in [3.63, 3.8) is 0 Å². The van der Waals surface area contributed by atoms with Gasteiger partial charge in [-0.3, -0.25) is 4.99 Å². The fraction of sp³-hybridized carbons (Fsp3) is 0.444. The number of aliphatic imine (C=N–C) groups is 1. The molecule has 24 heavy (non-hydrogen) atoms. The molecule has 0 aliphatic carbocycles. The van der Waals surface area contributed by atoms with Gasteiger partial charge in [-0.1, -0.05) is 29.3 Å². The molecule has 0 aliphatic heterocycles. The van der Waals surface area contributed by atoms with Crippen LogP contribution in [0, 0.1) is 27.7 Å². The zero-order valence-electron chi connectivity index (χ0n) is 15.1. The Balaban J connectivity index is 0.00000288. The average Bonchev–Trinajstić information content (AvgIpc) is 2.79. The van der Waals surface area contributed by atoms with Crippen LogP contribution in [0.3, 0.4) is 0 Å². The summed E-state index contributed by atoms with van der Waals surface area (Å²) in [6.07, 6.45) is 0.988. The second-order valence-corrected chi connectivity index (χ2v) is 7.13. The number of benzene rings is 1. The van der Waals surface area contributed by atoms with Crippen molar-refractivity contribution in [3.05, 3.63) is 50.5 Å². The highest BCUT2D eigenvalue weighted by Gasteiger charge is 2.05. The molecule has 0 spiro atoms. The maximum Gasteiger partial charge on any atom is 0.191 e. The Labute approximate surface area is 166 Å². The number of thiazole rings is 1. The first kappa shape index (κ1) is 20.9. The highest BCUT2D eigenvalue weighted by Crippen LogP contribution is 2.16. The molecule has 0 unspecified atom stereocenters. The van der Waals surface area contributed by atoms with E-state index in [4.69, 9.17) is 0 Å². The average molecular weight is 458 g/mol. The van der Waals surface area contributed by atoms with Crippen molar-refractivity contribution in [2.24, 2.45) is 4.99 Å². The lowest BCUT2D eigenvalue weighted by atomic mass is 10.1. The van der Waals surface area contributed by atoms with Gasteiger partial charge >= 0.3 is 0 Å². The first-order valence-corrected chi connectivity index (χ1v) is 8.74. The molecule has 0 fully saturated rings. The smallest absolute Gasteiger partial charge is 0.191 e. The van der Waals surface area contributed by atoms with Gasteiger partial charge in [0.25, 0.3) is 0 Å². The van der Waals surface area contributed by atoms with E-state index >= 15 is 0 Å². The lowest BCUT2D eigenvalue weighted by Gasteiger charge is -2.12. The van der Waals surface area contributed by atoms with Gasteiger partial charge in [-0.05, 0) is 39.7 Å². The van der Waals surface area contributed by atoms with Crippen LogP contribution in [0.4, 0.5) is 0 Å². The molecule has 0 atom stereocenters. The van der Waals surface area contributed by atoms with Gasteiger partial charge in [-0.15, -0.1) is 35.3 Å². The second kappa shape index (κ2) is 9.98. The number of guanidine groups is 1. The molecule has 2 N–H and O–H groups in total. The molecule has 0 bridgehead atoms. The lowest BCUT2D eigenvalue weighted by Crippen LogP contribution is -2.37. The van der Waals surface area contributed by atoms with E-state index in [1.807, 2.05) is 6.92 Å². The van der Waals surface area contributed by atoms with Gasteiger partial charge in [0.15, 0.2) is 5.96 Å². The molecule has 1 aromatic carbocycles. The van der Waals surface area contributed by atoms with Crippen LogP contribution in [0.5, 0.6) is 0 Å². The Hall–Kier alpha value is -1.15. The highest BCUT2D eigenvalue weighted by atomic mass is 127. The quantitative estimate of drug-likeness (QED) is 0.406. The normalized spacial score (nSPS) is 11.1. The monoisotopic (exact) mass is 458 g/mol. The Bertz CT molecular complexity index is 674. The van der Waals surface area contributed by atoms with Gasteiger partial charge in [-0.25, -0.2) is 4.98 Å². The number of hydrogen-bond acceptors (Lipinski definition) is 3. The van der Waals surface area contributed by atoms with Gasteiger partial charge < -0.3 is 10.6 Å². The van der Waals surface area contributed by atoms with E-state index in [1.165, 1.54) is 21.6 Å². The van der Waals surface area contributed by atoms with Crippen LogP contribution >= 0.6 is 35.3 Å². The van der Waals surface area contributed by atoms with E-state index in [1.54, 1.807) is 18.4 Å². The molecule has 0 saturated heterocycles. The van der Waals surface area contributed by atoms with E-state index in [2.05, 4.69) is 59.6 Å². The molecule has 6 heteroatoms. The van der Waals surface area contributed by atoms with Crippen LogP contribution in [0.25, 0.3) is 0 Å². The first-order valence-electron chi connectivity index (χ1n) is 7.92. The molecule has 132 valence electrons. The lowest BCUT2D eigenvalue weighted by molar-refractivity contribution is 0.796. The third-order valence-corrected chi connectivity index (χ3v) is 4.70. The number of aromatic nitrogens is 1. The molecule has 0 radical (unpaired) electrons. The molecule has 1 aromatic heterocycles. The van der Waals surface area contributed by atoms with Crippen LogP contribution in [-0.2, 0) is 13.0 Å². The Kier molecular flexibility index (Phi) is 8.69. The summed E-state index contributed by atoms with van der Waals surface area (Å²) in [6.45, 7) is 10.0. The molecule has 0 amide bonds. The summed E-state index contributed by atoms with van der Waals surface area (Å²) in [5, 5.41) is 7.84. The van der Waals surface area contributed by atoms with Gasteiger partial charge in [0, 0.05) is 18.5 Å². The minimum Gasteiger partial charge on any atom is -0.356 e. The van der Waals surface area contributed by atoms with E-state index < -0.39 is 0 Å². The molecule has 1 heterocycles. The maximum absolute atomic E-state index is 4.45. The predicted molar refractivity (Wildman–Crippen MR) is 115 cm³/mol. The van der Waals surface area contributed by atoms with Crippen LogP contribution < -0.4 is 10.6 Å². The fourth-order valence-electron chi connectivity index (χ4n) is 2.66. The molecule has 0 saturated carbocycles. The summed E-state index contributed by atoms with van der Waals surface area (Å²) in [6, 6.07) is 6.69. The van der Waals surface area contributed by atoms with Crippen LogP contribution in [0.1, 0.15) is 32.3 Å². The molecular formula is C18H27IN4S. The molecular weight excluding hydrogens is 431 g/mol. The number of rotatable bonds is 5. The van der Waals surface area contributed by atoms with E-state index in [0.717, 1.165) is 36.2 Å². The third kappa shape index (κ3) is 6.39. The van der Waals surface area contributed by atoms with Crippen molar-refractivity contribution in [1.29, 1.82) is 0 Å². The largest absolute Gasteiger partial charge is 0.356 e. The predicted octanol–water partition coefficient (Wildman–Crippen LogP) is 3.90. The van der Waals surface area contributed by atoms with E-state index in [9.17, 15) is 0 Å². The van der Waals surface area contributed by atoms with Crippen molar-refractivity contribution in [2.75, 3.05) is 13.6 Å². The van der Waals surface area contributed by atoms with Crippen molar-refractivity contribution < 1.29 is 0 Å². The standard InChI is InChI=1S/C18H26N4S.HI/c1-12-8-13(2)10-16(9-12)6-7-20-18(19-5)21-11-17-14(3)22-15(4)23-17;/h8-10H,6-7,11H2,1-5H3,(H2,19,20,21);1H. The maximum atomic E-state index is 4.45. The molecule has 4 nitrogen and oxygen atoms in total. The SMILES string of the molecule is CN=C(NCCc1cc(C)cc(C)c1)NCc1sc(C)nc1C.I. The number of halogens is 1. The summed E-state index contributed by atoms with van der Waals surface area (Å²) in [5.74, 6) is 0.833. The summed E-state index contributed by atoms with van der Waals surface area (Å²) >= 11 is 1.73. The van der Waals surface area contributed by atoms with E-state index in [0.29, 0.717) is 0 Å². The first-order chi connectivity index (χ1) is 11.0. The summed E-state index contributed by atoms with van der Waals surface area (Å²) in [7, 11) is 1.80. The molecule has 2 rings (SSSR count). The van der Waals surface area contributed by atoms with Gasteiger partial charge in [0.1, 0.15) is 0 Å². The fourth-order valence-corrected chi connectivity index (χ4v) is 3.54. The minimum absolute atomic E-state index is 0. The Morgan fingerprint density at radius 1 is 1.08 bits per heavy atom. The van der Waals surface area contributed by atoms with Gasteiger partial charge in [0.05, 0.1) is 17.2 Å². The molecule has 0 aliphatic rings. The Morgan fingerprint density at radius 3 is 2.29 bits per heavy atom. The number of nitrogens with one attached hydrogen (secondary N) is 2. The van der Waals surface area contributed by atoms with E-state index in [-0.39, 0.29) is 24.0 Å². The third-order valence-electron chi connectivity index (χ3n) is 3.63. The van der Waals surface area contributed by atoms with Gasteiger partial charge in [-0.2, -0.15) is 0 Å². The second-order valence-electron chi connectivity index (χ2n) is 5.84. The van der Waals surface area contributed by atoms with Crippen molar-refractivity contribution >= 4 is 41.3 Å².